The lowest BCUT2D eigenvalue weighted by molar-refractivity contribution is 0.150. The maximum atomic E-state index is 10.6. The van der Waals surface area contributed by atoms with E-state index in [2.05, 4.69) is 10.1 Å². The summed E-state index contributed by atoms with van der Waals surface area (Å²) in [5, 5.41) is 13.4. The summed E-state index contributed by atoms with van der Waals surface area (Å²) in [4.78, 5) is 14.4. The second kappa shape index (κ2) is 4.96. The second-order valence-electron chi connectivity index (χ2n) is 2.52. The van der Waals surface area contributed by atoms with Gasteiger partial charge in [0.05, 0.1) is 6.21 Å². The fourth-order valence-corrected chi connectivity index (χ4v) is 0.852. The molecule has 5 heteroatoms. The van der Waals surface area contributed by atoms with Crippen LogP contribution in [0.2, 0.25) is 0 Å². The summed E-state index contributed by atoms with van der Waals surface area (Å²) in [5.74, 6) is 0. The van der Waals surface area contributed by atoms with Gasteiger partial charge >= 0.3 is 6.09 Å². The quantitative estimate of drug-likeness (QED) is 0.583. The van der Waals surface area contributed by atoms with Crippen molar-refractivity contribution in [3.63, 3.8) is 0 Å². The van der Waals surface area contributed by atoms with Gasteiger partial charge in [0.2, 0.25) is 0 Å². The average Bonchev–Trinajstić information content (AvgIpc) is 2.20. The lowest BCUT2D eigenvalue weighted by Gasteiger charge is -2.08. The Balaban J connectivity index is 2.67. The third kappa shape index (κ3) is 2.85. The summed E-state index contributed by atoms with van der Waals surface area (Å²) in [6.45, 7) is 2.05. The van der Waals surface area contributed by atoms with E-state index in [1.54, 1.807) is 31.5 Å². The second-order valence-corrected chi connectivity index (χ2v) is 2.52. The summed E-state index contributed by atoms with van der Waals surface area (Å²) in [7, 11) is 0. The van der Waals surface area contributed by atoms with Crippen LogP contribution in [0.4, 0.5) is 4.79 Å². The van der Waals surface area contributed by atoms with Crippen LogP contribution in [-0.2, 0) is 0 Å². The molecule has 0 unspecified atom stereocenters. The minimum Gasteiger partial charge on any atom is -0.464 e. The highest BCUT2D eigenvalue weighted by atomic mass is 16.4. The Hall–Kier alpha value is -1.91. The molecule has 1 amide bonds. The predicted octanol–water partition coefficient (Wildman–Crippen LogP) is 1.42. The van der Waals surface area contributed by atoms with Crippen molar-refractivity contribution in [3.8, 4) is 0 Å². The van der Waals surface area contributed by atoms with Crippen molar-refractivity contribution in [3.05, 3.63) is 30.1 Å². The SMILES string of the molecule is CCN(N=Cc1ccncc1)C(=O)O. The summed E-state index contributed by atoms with van der Waals surface area (Å²) in [6.07, 6.45) is 3.67. The Morgan fingerprint density at radius 1 is 1.64 bits per heavy atom. The molecule has 0 aliphatic rings. The van der Waals surface area contributed by atoms with E-state index in [0.717, 1.165) is 10.6 Å². The van der Waals surface area contributed by atoms with Crippen molar-refractivity contribution in [2.45, 2.75) is 6.92 Å². The summed E-state index contributed by atoms with van der Waals surface area (Å²) < 4.78 is 0. The monoisotopic (exact) mass is 193 g/mol. The number of pyridine rings is 1. The molecule has 74 valence electrons. The molecular weight excluding hydrogens is 182 g/mol. The van der Waals surface area contributed by atoms with Gasteiger partial charge in [-0.3, -0.25) is 4.98 Å². The maximum absolute atomic E-state index is 10.6. The highest BCUT2D eigenvalue weighted by Crippen LogP contribution is 1.94. The Labute approximate surface area is 81.7 Å². The lowest BCUT2D eigenvalue weighted by Crippen LogP contribution is -2.23. The number of nitrogens with zero attached hydrogens (tertiary/aromatic N) is 3. The van der Waals surface area contributed by atoms with Crippen LogP contribution in [0.15, 0.2) is 29.6 Å². The molecule has 0 radical (unpaired) electrons. The van der Waals surface area contributed by atoms with Gasteiger partial charge < -0.3 is 5.11 Å². The Morgan fingerprint density at radius 3 is 2.79 bits per heavy atom. The smallest absolute Gasteiger partial charge is 0.427 e. The van der Waals surface area contributed by atoms with Gasteiger partial charge in [-0.25, -0.2) is 4.79 Å². The number of rotatable bonds is 3. The van der Waals surface area contributed by atoms with Gasteiger partial charge in [0.1, 0.15) is 0 Å². The van der Waals surface area contributed by atoms with E-state index in [0.29, 0.717) is 6.54 Å². The van der Waals surface area contributed by atoms with Gasteiger partial charge in [-0.05, 0) is 24.6 Å². The van der Waals surface area contributed by atoms with Crippen molar-refractivity contribution < 1.29 is 9.90 Å². The number of hydrogen-bond donors (Lipinski definition) is 1. The first-order valence-corrected chi connectivity index (χ1v) is 4.18. The lowest BCUT2D eigenvalue weighted by atomic mass is 10.3. The Morgan fingerprint density at radius 2 is 2.29 bits per heavy atom. The maximum Gasteiger partial charge on any atom is 0.427 e. The molecule has 0 atom stereocenters. The number of hydrogen-bond acceptors (Lipinski definition) is 3. The molecule has 1 rings (SSSR count). The Bertz CT molecular complexity index is 324. The van der Waals surface area contributed by atoms with Crippen molar-refractivity contribution in [2.75, 3.05) is 6.54 Å². The van der Waals surface area contributed by atoms with Gasteiger partial charge in [-0.2, -0.15) is 10.1 Å². The van der Waals surface area contributed by atoms with E-state index in [9.17, 15) is 4.79 Å². The van der Waals surface area contributed by atoms with Crippen LogP contribution in [0.1, 0.15) is 12.5 Å². The fraction of sp³-hybridized carbons (Fsp3) is 0.222. The zero-order valence-electron chi connectivity index (χ0n) is 7.79. The zero-order valence-corrected chi connectivity index (χ0v) is 7.79. The number of aromatic nitrogens is 1. The first-order chi connectivity index (χ1) is 6.74. The summed E-state index contributed by atoms with van der Waals surface area (Å²) >= 11 is 0. The molecule has 0 aliphatic heterocycles. The van der Waals surface area contributed by atoms with E-state index in [-0.39, 0.29) is 0 Å². The third-order valence-corrected chi connectivity index (χ3v) is 1.57. The minimum absolute atomic E-state index is 0.330. The van der Waals surface area contributed by atoms with Crippen LogP contribution >= 0.6 is 0 Å². The third-order valence-electron chi connectivity index (χ3n) is 1.57. The topological polar surface area (TPSA) is 65.8 Å². The number of carboxylic acid groups (broad SMARTS) is 1. The molecule has 0 aromatic carbocycles. The van der Waals surface area contributed by atoms with Crippen LogP contribution < -0.4 is 0 Å². The van der Waals surface area contributed by atoms with Crippen LogP contribution in [0.25, 0.3) is 0 Å². The van der Waals surface area contributed by atoms with Gasteiger partial charge in [0.25, 0.3) is 0 Å². The highest BCUT2D eigenvalue weighted by molar-refractivity contribution is 5.80. The largest absolute Gasteiger partial charge is 0.464 e. The van der Waals surface area contributed by atoms with Crippen LogP contribution in [0, 0.1) is 0 Å². The number of carbonyl (C=O) groups is 1. The molecule has 0 saturated heterocycles. The molecule has 1 heterocycles. The van der Waals surface area contributed by atoms with E-state index in [1.807, 2.05) is 0 Å². The van der Waals surface area contributed by atoms with Gasteiger partial charge in [0.15, 0.2) is 0 Å². The molecule has 0 aliphatic carbocycles. The molecule has 1 aromatic heterocycles. The first kappa shape index (κ1) is 10.2. The van der Waals surface area contributed by atoms with Gasteiger partial charge in [-0.15, -0.1) is 0 Å². The molecule has 1 N–H and O–H groups in total. The van der Waals surface area contributed by atoms with Crippen molar-refractivity contribution in [1.82, 2.24) is 9.99 Å². The van der Waals surface area contributed by atoms with E-state index in [1.165, 1.54) is 6.21 Å². The molecule has 14 heavy (non-hydrogen) atoms. The zero-order chi connectivity index (χ0) is 10.4. The molecule has 5 nitrogen and oxygen atoms in total. The fourth-order valence-electron chi connectivity index (χ4n) is 0.852. The normalized spacial score (nSPS) is 10.4. The average molecular weight is 193 g/mol. The van der Waals surface area contributed by atoms with Crippen molar-refractivity contribution in [2.24, 2.45) is 5.10 Å². The van der Waals surface area contributed by atoms with Crippen LogP contribution in [0.5, 0.6) is 0 Å². The summed E-state index contributed by atoms with van der Waals surface area (Å²) in [6, 6.07) is 3.50. The summed E-state index contributed by atoms with van der Waals surface area (Å²) in [5.41, 5.74) is 0.819. The molecular formula is C9H11N3O2. The Kier molecular flexibility index (Phi) is 3.60. The van der Waals surface area contributed by atoms with Gasteiger partial charge in [0, 0.05) is 18.9 Å². The van der Waals surface area contributed by atoms with E-state index < -0.39 is 6.09 Å². The van der Waals surface area contributed by atoms with Crippen molar-refractivity contribution >= 4 is 12.3 Å². The molecule has 0 spiro atoms. The highest BCUT2D eigenvalue weighted by Gasteiger charge is 2.04. The van der Waals surface area contributed by atoms with Crippen LogP contribution in [-0.4, -0.2) is 34.0 Å². The van der Waals surface area contributed by atoms with Crippen molar-refractivity contribution in [1.29, 1.82) is 0 Å². The molecule has 1 aromatic rings. The number of hydrazone groups is 1. The predicted molar refractivity (Wildman–Crippen MR) is 52.2 cm³/mol. The standard InChI is InChI=1S/C9H11N3O2/c1-2-12(9(13)14)11-7-8-3-5-10-6-4-8/h3-7H,2H2,1H3,(H,13,14). The van der Waals surface area contributed by atoms with Crippen LogP contribution in [0.3, 0.4) is 0 Å². The van der Waals surface area contributed by atoms with E-state index in [4.69, 9.17) is 5.11 Å². The molecule has 0 saturated carbocycles. The molecule has 0 fully saturated rings. The molecule has 0 bridgehead atoms. The first-order valence-electron chi connectivity index (χ1n) is 4.18. The van der Waals surface area contributed by atoms with Gasteiger partial charge in [-0.1, -0.05) is 0 Å². The minimum atomic E-state index is -1.06. The van der Waals surface area contributed by atoms with E-state index >= 15 is 0 Å². The number of amides is 1.